The number of carboxylic acids is 1. The minimum atomic E-state index is -0.982. The van der Waals surface area contributed by atoms with Gasteiger partial charge in [0.25, 0.3) is 5.56 Å². The average molecular weight is 387 g/mol. The molecule has 1 heterocycles. The summed E-state index contributed by atoms with van der Waals surface area (Å²) in [7, 11) is 0. The number of carbonyl (C=O) groups is 1. The number of aromatic carboxylic acids is 1. The van der Waals surface area contributed by atoms with E-state index in [1.807, 2.05) is 0 Å². The maximum Gasteiger partial charge on any atom is 0.335 e. The molecule has 6 heteroatoms. The van der Waals surface area contributed by atoms with Crippen molar-refractivity contribution in [3.05, 3.63) is 67.0 Å². The first kappa shape index (κ1) is 14.0. The highest BCUT2D eigenvalue weighted by molar-refractivity contribution is 9.11. The molecule has 19 heavy (non-hydrogen) atoms. The number of rotatable bonds is 3. The van der Waals surface area contributed by atoms with Crippen LogP contribution in [0.3, 0.4) is 0 Å². The van der Waals surface area contributed by atoms with Crippen LogP contribution in [0.2, 0.25) is 0 Å². The summed E-state index contributed by atoms with van der Waals surface area (Å²) < 4.78 is 2.74. The monoisotopic (exact) mass is 385 g/mol. The predicted molar refractivity (Wildman–Crippen MR) is 78.6 cm³/mol. The highest BCUT2D eigenvalue weighted by Crippen LogP contribution is 2.14. The normalized spacial score (nSPS) is 10.4. The van der Waals surface area contributed by atoms with Crippen molar-refractivity contribution in [3.8, 4) is 0 Å². The summed E-state index contributed by atoms with van der Waals surface area (Å²) in [6, 6.07) is 8.20. The molecule has 0 bridgehead atoms. The van der Waals surface area contributed by atoms with Gasteiger partial charge in [0.15, 0.2) is 0 Å². The first-order chi connectivity index (χ1) is 8.97. The van der Waals surface area contributed by atoms with E-state index in [2.05, 4.69) is 31.9 Å². The summed E-state index contributed by atoms with van der Waals surface area (Å²) in [4.78, 5) is 22.8. The van der Waals surface area contributed by atoms with Crippen molar-refractivity contribution in [1.82, 2.24) is 4.57 Å². The largest absolute Gasteiger partial charge is 0.478 e. The Bertz CT molecular complexity index is 695. The molecular formula is C13H9Br2NO3. The van der Waals surface area contributed by atoms with Gasteiger partial charge in [-0.05, 0) is 55.6 Å². The summed E-state index contributed by atoms with van der Waals surface area (Å²) in [5, 5.41) is 8.93. The summed E-state index contributed by atoms with van der Waals surface area (Å²) in [6.45, 7) is 0.317. The van der Waals surface area contributed by atoms with Crippen LogP contribution in [0, 0.1) is 0 Å². The molecule has 0 spiro atoms. The van der Waals surface area contributed by atoms with Crippen molar-refractivity contribution >= 4 is 37.8 Å². The van der Waals surface area contributed by atoms with Gasteiger partial charge in [-0.25, -0.2) is 4.79 Å². The number of carboxylic acid groups (broad SMARTS) is 1. The summed E-state index contributed by atoms with van der Waals surface area (Å²) in [6.07, 6.45) is 1.67. The second-order valence-electron chi connectivity index (χ2n) is 3.94. The number of halogens is 2. The first-order valence-electron chi connectivity index (χ1n) is 5.35. The molecule has 0 atom stereocenters. The SMILES string of the molecule is O=C(O)c1cccc(Cn2cc(Br)cc(Br)c2=O)c1. The second-order valence-corrected chi connectivity index (χ2v) is 5.71. The maximum absolute atomic E-state index is 11.9. The Hall–Kier alpha value is -1.40. The van der Waals surface area contributed by atoms with Gasteiger partial charge in [-0.1, -0.05) is 12.1 Å². The van der Waals surface area contributed by atoms with Crippen LogP contribution in [-0.4, -0.2) is 15.6 Å². The van der Waals surface area contributed by atoms with Crippen LogP contribution in [0.15, 0.2) is 50.3 Å². The maximum atomic E-state index is 11.9. The zero-order valence-corrected chi connectivity index (χ0v) is 12.8. The van der Waals surface area contributed by atoms with Crippen LogP contribution in [0.1, 0.15) is 15.9 Å². The fraction of sp³-hybridized carbons (Fsp3) is 0.0769. The lowest BCUT2D eigenvalue weighted by molar-refractivity contribution is 0.0696. The molecule has 0 radical (unpaired) electrons. The Kier molecular flexibility index (Phi) is 4.21. The van der Waals surface area contributed by atoms with Crippen molar-refractivity contribution in [2.45, 2.75) is 6.54 Å². The highest BCUT2D eigenvalue weighted by Gasteiger charge is 2.06. The summed E-state index contributed by atoms with van der Waals surface area (Å²) in [5.74, 6) is -0.982. The van der Waals surface area contributed by atoms with Crippen LogP contribution < -0.4 is 5.56 Å². The lowest BCUT2D eigenvalue weighted by Gasteiger charge is -2.08. The fourth-order valence-corrected chi connectivity index (χ4v) is 2.94. The number of aromatic nitrogens is 1. The van der Waals surface area contributed by atoms with Gasteiger partial charge in [-0.2, -0.15) is 0 Å². The van der Waals surface area contributed by atoms with Crippen LogP contribution in [-0.2, 0) is 6.54 Å². The Morgan fingerprint density at radius 3 is 2.68 bits per heavy atom. The third-order valence-corrected chi connectivity index (χ3v) is 3.54. The zero-order chi connectivity index (χ0) is 14.0. The first-order valence-corrected chi connectivity index (χ1v) is 6.93. The van der Waals surface area contributed by atoms with Crippen LogP contribution in [0.25, 0.3) is 0 Å². The van der Waals surface area contributed by atoms with Crippen molar-refractivity contribution < 1.29 is 9.90 Å². The quantitative estimate of drug-likeness (QED) is 0.881. The highest BCUT2D eigenvalue weighted by atomic mass is 79.9. The molecule has 4 nitrogen and oxygen atoms in total. The van der Waals surface area contributed by atoms with Gasteiger partial charge in [0.05, 0.1) is 16.6 Å². The second kappa shape index (κ2) is 5.71. The fourth-order valence-electron chi connectivity index (χ4n) is 1.68. The third kappa shape index (κ3) is 3.33. The van der Waals surface area contributed by atoms with Crippen molar-refractivity contribution in [1.29, 1.82) is 0 Å². The number of benzene rings is 1. The van der Waals surface area contributed by atoms with Crippen LogP contribution >= 0.6 is 31.9 Å². The van der Waals surface area contributed by atoms with E-state index < -0.39 is 5.97 Å². The van der Waals surface area contributed by atoms with Gasteiger partial charge in [0, 0.05) is 10.7 Å². The Morgan fingerprint density at radius 2 is 2.00 bits per heavy atom. The topological polar surface area (TPSA) is 59.3 Å². The molecule has 0 saturated heterocycles. The van der Waals surface area contributed by atoms with Crippen molar-refractivity contribution in [2.75, 3.05) is 0 Å². The lowest BCUT2D eigenvalue weighted by Crippen LogP contribution is -2.20. The molecule has 0 aliphatic rings. The van der Waals surface area contributed by atoms with Crippen molar-refractivity contribution in [2.24, 2.45) is 0 Å². The van der Waals surface area contributed by atoms with Gasteiger partial charge in [0.1, 0.15) is 0 Å². The van der Waals surface area contributed by atoms with Gasteiger partial charge in [-0.3, -0.25) is 4.79 Å². The van der Waals surface area contributed by atoms with E-state index in [1.54, 1.807) is 30.5 Å². The van der Waals surface area contributed by atoms with E-state index in [4.69, 9.17) is 5.11 Å². The molecule has 2 aromatic rings. The number of hydrogen-bond acceptors (Lipinski definition) is 2. The molecule has 0 aliphatic carbocycles. The van der Waals surface area contributed by atoms with Gasteiger partial charge in [-0.15, -0.1) is 0 Å². The Labute approximate surface area is 126 Å². The lowest BCUT2D eigenvalue weighted by atomic mass is 10.1. The van der Waals surface area contributed by atoms with E-state index >= 15 is 0 Å². The molecule has 0 fully saturated rings. The van der Waals surface area contributed by atoms with Crippen molar-refractivity contribution in [3.63, 3.8) is 0 Å². The minimum absolute atomic E-state index is 0.163. The molecule has 1 N–H and O–H groups in total. The molecule has 1 aromatic heterocycles. The number of pyridine rings is 1. The van der Waals surface area contributed by atoms with Crippen LogP contribution in [0.5, 0.6) is 0 Å². The molecule has 1 aromatic carbocycles. The molecule has 0 amide bonds. The molecule has 2 rings (SSSR count). The summed E-state index contributed by atoms with van der Waals surface area (Å²) in [5.41, 5.74) is 0.801. The van der Waals surface area contributed by atoms with E-state index in [-0.39, 0.29) is 11.1 Å². The molecular weight excluding hydrogens is 378 g/mol. The Balaban J connectivity index is 2.39. The van der Waals surface area contributed by atoms with E-state index in [1.165, 1.54) is 10.6 Å². The van der Waals surface area contributed by atoms with Gasteiger partial charge >= 0.3 is 5.97 Å². The zero-order valence-electron chi connectivity index (χ0n) is 9.64. The molecule has 0 saturated carbocycles. The smallest absolute Gasteiger partial charge is 0.335 e. The van der Waals surface area contributed by atoms with Crippen LogP contribution in [0.4, 0.5) is 0 Å². The van der Waals surface area contributed by atoms with E-state index in [0.29, 0.717) is 11.0 Å². The van der Waals surface area contributed by atoms with E-state index in [0.717, 1.165) is 10.0 Å². The molecule has 0 aliphatic heterocycles. The molecule has 0 unspecified atom stereocenters. The summed E-state index contributed by atoms with van der Waals surface area (Å²) >= 11 is 6.50. The standard InChI is InChI=1S/C13H9Br2NO3/c14-10-5-11(15)12(17)16(7-10)6-8-2-1-3-9(4-8)13(18)19/h1-5,7H,6H2,(H,18,19). The third-order valence-electron chi connectivity index (χ3n) is 2.54. The van der Waals surface area contributed by atoms with Gasteiger partial charge < -0.3 is 9.67 Å². The predicted octanol–water partition coefficient (Wildman–Crippen LogP) is 3.12. The minimum Gasteiger partial charge on any atom is -0.478 e. The van der Waals surface area contributed by atoms with Gasteiger partial charge in [0.2, 0.25) is 0 Å². The number of nitrogens with zero attached hydrogens (tertiary/aromatic N) is 1. The number of hydrogen-bond donors (Lipinski definition) is 1. The molecule has 98 valence electrons. The van der Waals surface area contributed by atoms with E-state index in [9.17, 15) is 9.59 Å². The average Bonchev–Trinajstić information content (AvgIpc) is 2.35. The Morgan fingerprint density at radius 1 is 1.26 bits per heavy atom.